The Morgan fingerprint density at radius 2 is 1.76 bits per heavy atom. The molecule has 10 heteroatoms. The zero-order valence-electron chi connectivity index (χ0n) is 26.1. The van der Waals surface area contributed by atoms with E-state index in [-0.39, 0.29) is 28.6 Å². The molecule has 1 aliphatic heterocycles. The highest BCUT2D eigenvalue weighted by Crippen LogP contribution is 2.19. The van der Waals surface area contributed by atoms with Crippen molar-refractivity contribution in [1.82, 2.24) is 30.8 Å². The minimum Gasteiger partial charge on any atom is -0.334 e. The lowest BCUT2D eigenvalue weighted by Crippen LogP contribution is -2.54. The number of carbonyl (C=O) groups excluding carboxylic acids is 1. The first-order valence-corrected chi connectivity index (χ1v) is 14.9. The molecule has 1 atom stereocenters. The van der Waals surface area contributed by atoms with E-state index in [9.17, 15) is 9.59 Å². The first-order valence-electron chi connectivity index (χ1n) is 14.9. The van der Waals surface area contributed by atoms with Crippen LogP contribution in [0.15, 0.2) is 35.3 Å². The number of aromatic amines is 1. The smallest absolute Gasteiger partial charge is 0.315 e. The molecule has 2 amide bonds. The lowest BCUT2D eigenvalue weighted by molar-refractivity contribution is 0.182. The van der Waals surface area contributed by atoms with Crippen LogP contribution in [0.2, 0.25) is 0 Å². The van der Waals surface area contributed by atoms with Crippen molar-refractivity contribution in [2.75, 3.05) is 39.3 Å². The summed E-state index contributed by atoms with van der Waals surface area (Å²) < 4.78 is 0. The van der Waals surface area contributed by atoms with Gasteiger partial charge >= 0.3 is 6.03 Å². The van der Waals surface area contributed by atoms with Crippen LogP contribution in [0.25, 0.3) is 11.1 Å². The Bertz CT molecular complexity index is 1100. The molecule has 1 aliphatic rings. The quantitative estimate of drug-likeness (QED) is 0.240. The van der Waals surface area contributed by atoms with Gasteiger partial charge in [-0.05, 0) is 90.3 Å². The second-order valence-corrected chi connectivity index (χ2v) is 12.9. The number of piperidine rings is 1. The van der Waals surface area contributed by atoms with Crippen LogP contribution < -0.4 is 33.0 Å². The van der Waals surface area contributed by atoms with E-state index in [1.807, 2.05) is 65.8 Å². The summed E-state index contributed by atoms with van der Waals surface area (Å²) in [5.41, 5.74) is 13.2. The molecule has 0 bridgehead atoms. The summed E-state index contributed by atoms with van der Waals surface area (Å²) in [5.74, 6) is 0.701. The number of rotatable bonds is 10. The fourth-order valence-electron chi connectivity index (χ4n) is 4.50. The number of carbonyl (C=O) groups is 1. The van der Waals surface area contributed by atoms with E-state index < -0.39 is 0 Å². The molecule has 0 unspecified atom stereocenters. The Kier molecular flexibility index (Phi) is 13.9. The van der Waals surface area contributed by atoms with Crippen LogP contribution in [-0.2, 0) is 12.0 Å². The van der Waals surface area contributed by atoms with Gasteiger partial charge < -0.3 is 37.3 Å². The molecule has 3 rings (SSSR count). The summed E-state index contributed by atoms with van der Waals surface area (Å²) in [6.07, 6.45) is 5.87. The van der Waals surface area contributed by atoms with Crippen molar-refractivity contribution < 1.29 is 4.79 Å². The van der Waals surface area contributed by atoms with Crippen molar-refractivity contribution in [3.8, 4) is 11.1 Å². The molecule has 1 saturated heterocycles. The number of H-pyrrole nitrogens is 1. The van der Waals surface area contributed by atoms with Crippen LogP contribution in [0.4, 0.5) is 4.79 Å². The normalized spacial score (nSPS) is 16.0. The number of hydrogen-bond donors (Lipinski definition) is 6. The van der Waals surface area contributed by atoms with Gasteiger partial charge in [0.2, 0.25) is 0 Å². The fourth-order valence-corrected chi connectivity index (χ4v) is 4.50. The summed E-state index contributed by atoms with van der Waals surface area (Å²) in [6, 6.07) is 8.18. The second-order valence-electron chi connectivity index (χ2n) is 12.9. The van der Waals surface area contributed by atoms with Gasteiger partial charge in [-0.2, -0.15) is 0 Å². The highest BCUT2D eigenvalue weighted by atomic mass is 16.2. The van der Waals surface area contributed by atoms with E-state index in [2.05, 4.69) is 30.8 Å². The highest BCUT2D eigenvalue weighted by molar-refractivity contribution is 5.75. The molecule has 0 radical (unpaired) electrons. The van der Waals surface area contributed by atoms with Crippen LogP contribution in [0.5, 0.6) is 0 Å². The van der Waals surface area contributed by atoms with E-state index >= 15 is 0 Å². The Hall–Kier alpha value is -2.79. The van der Waals surface area contributed by atoms with E-state index in [4.69, 9.17) is 11.5 Å². The third kappa shape index (κ3) is 13.2. The summed E-state index contributed by atoms with van der Waals surface area (Å²) in [6.45, 7) is 18.3. The lowest BCUT2D eigenvalue weighted by atomic mass is 9.95. The molecular formula is C31H54N8O2. The minimum absolute atomic E-state index is 0.0619. The number of hydrogen-bond acceptors (Lipinski definition) is 7. The zero-order chi connectivity index (χ0) is 30.5. The average molecular weight is 571 g/mol. The zero-order valence-corrected chi connectivity index (χ0v) is 26.1. The van der Waals surface area contributed by atoms with Gasteiger partial charge in [-0.1, -0.05) is 45.0 Å². The summed E-state index contributed by atoms with van der Waals surface area (Å²) in [4.78, 5) is 33.8. The maximum atomic E-state index is 12.3. The Labute approximate surface area is 246 Å². The highest BCUT2D eigenvalue weighted by Gasteiger charge is 2.22. The molecule has 2 heterocycles. The van der Waals surface area contributed by atoms with E-state index in [1.165, 1.54) is 5.56 Å². The SMILES string of the molecule is CC(C)(C)NC(=O)N[C@@H]1CCCN(CCCN)C1.CC(C)(C)c1ncc(-c2ccc(CNCCCN)cc2)c(=O)[nH]1. The van der Waals surface area contributed by atoms with Gasteiger partial charge in [0.05, 0.1) is 5.56 Å². The van der Waals surface area contributed by atoms with Crippen LogP contribution in [0.1, 0.15) is 78.6 Å². The molecule has 1 aromatic carbocycles. The summed E-state index contributed by atoms with van der Waals surface area (Å²) in [5, 5.41) is 9.33. The standard InChI is InChI=1S/C18H26N4O.C13H28N4O/c1-18(2,3)17-21-12-15(16(23)22-17)14-7-5-13(6-8-14)11-20-10-4-9-19;1-13(2,3)16-12(18)15-11-6-4-8-17(10-11)9-5-7-14/h5-8,12,20H,4,9-11,19H2,1-3H3,(H,21,22,23);11H,4-10,14H2,1-3H3,(H2,15,16,18)/t;11-/m.1/s1. The molecule has 1 fully saturated rings. The van der Waals surface area contributed by atoms with Crippen LogP contribution in [0.3, 0.4) is 0 Å². The summed E-state index contributed by atoms with van der Waals surface area (Å²) in [7, 11) is 0. The van der Waals surface area contributed by atoms with Crippen LogP contribution >= 0.6 is 0 Å². The van der Waals surface area contributed by atoms with Crippen molar-refractivity contribution in [3.05, 3.63) is 52.2 Å². The summed E-state index contributed by atoms with van der Waals surface area (Å²) >= 11 is 0. The predicted molar refractivity (Wildman–Crippen MR) is 169 cm³/mol. The Morgan fingerprint density at radius 1 is 1.07 bits per heavy atom. The first kappa shape index (κ1) is 34.4. The Balaban J connectivity index is 0.000000296. The monoisotopic (exact) mass is 570 g/mol. The number of benzene rings is 1. The number of amides is 2. The molecule has 0 spiro atoms. The van der Waals surface area contributed by atoms with Crippen LogP contribution in [-0.4, -0.2) is 71.7 Å². The second kappa shape index (κ2) is 16.6. The first-order chi connectivity index (χ1) is 19.3. The van der Waals surface area contributed by atoms with Gasteiger partial charge in [-0.15, -0.1) is 0 Å². The molecule has 8 N–H and O–H groups in total. The van der Waals surface area contributed by atoms with Crippen molar-refractivity contribution in [2.24, 2.45) is 11.5 Å². The van der Waals surface area contributed by atoms with Gasteiger partial charge in [0, 0.05) is 36.3 Å². The molecule has 2 aromatic rings. The number of aromatic nitrogens is 2. The average Bonchev–Trinajstić information content (AvgIpc) is 2.89. The number of nitrogens with two attached hydrogens (primary N) is 2. The van der Waals surface area contributed by atoms with Crippen molar-refractivity contribution in [3.63, 3.8) is 0 Å². The minimum atomic E-state index is -0.183. The fraction of sp³-hybridized carbons (Fsp3) is 0.645. The van der Waals surface area contributed by atoms with Gasteiger partial charge in [0.25, 0.3) is 5.56 Å². The molecule has 1 aromatic heterocycles. The molecule has 10 nitrogen and oxygen atoms in total. The number of likely N-dealkylation sites (tertiary alicyclic amines) is 1. The third-order valence-corrected chi connectivity index (χ3v) is 6.67. The van der Waals surface area contributed by atoms with Gasteiger partial charge in [-0.25, -0.2) is 9.78 Å². The van der Waals surface area contributed by atoms with E-state index in [0.717, 1.165) is 70.5 Å². The molecule has 41 heavy (non-hydrogen) atoms. The van der Waals surface area contributed by atoms with Crippen LogP contribution in [0, 0.1) is 0 Å². The maximum Gasteiger partial charge on any atom is 0.315 e. The van der Waals surface area contributed by atoms with E-state index in [0.29, 0.717) is 17.9 Å². The third-order valence-electron chi connectivity index (χ3n) is 6.67. The largest absolute Gasteiger partial charge is 0.334 e. The lowest BCUT2D eigenvalue weighted by Gasteiger charge is -2.33. The topological polar surface area (TPSA) is 154 Å². The van der Waals surface area contributed by atoms with Gasteiger partial charge in [-0.3, -0.25) is 4.79 Å². The van der Waals surface area contributed by atoms with Crippen molar-refractivity contribution in [2.45, 2.75) is 90.8 Å². The molecule has 230 valence electrons. The van der Waals surface area contributed by atoms with Crippen molar-refractivity contribution >= 4 is 6.03 Å². The van der Waals surface area contributed by atoms with E-state index in [1.54, 1.807) is 6.20 Å². The van der Waals surface area contributed by atoms with Crippen molar-refractivity contribution in [1.29, 1.82) is 0 Å². The maximum absolute atomic E-state index is 12.3. The Morgan fingerprint density at radius 3 is 2.34 bits per heavy atom. The predicted octanol–water partition coefficient (Wildman–Crippen LogP) is 3.07. The molecule has 0 saturated carbocycles. The number of urea groups is 1. The molecule has 0 aliphatic carbocycles. The van der Waals surface area contributed by atoms with Gasteiger partial charge in [0.15, 0.2) is 0 Å². The van der Waals surface area contributed by atoms with Gasteiger partial charge in [0.1, 0.15) is 5.82 Å². The number of nitrogens with zero attached hydrogens (tertiary/aromatic N) is 2. The molecular weight excluding hydrogens is 516 g/mol. The number of nitrogens with one attached hydrogen (secondary N) is 4.